The van der Waals surface area contributed by atoms with Gasteiger partial charge in [0.2, 0.25) is 5.78 Å². The van der Waals surface area contributed by atoms with Crippen molar-refractivity contribution in [2.45, 2.75) is 27.2 Å². The van der Waals surface area contributed by atoms with Crippen LogP contribution in [0.25, 0.3) is 0 Å². The molecule has 0 aliphatic carbocycles. The van der Waals surface area contributed by atoms with Crippen LogP contribution >= 0.6 is 0 Å². The van der Waals surface area contributed by atoms with E-state index >= 15 is 0 Å². The van der Waals surface area contributed by atoms with Crippen molar-refractivity contribution in [1.82, 2.24) is 4.98 Å². The van der Waals surface area contributed by atoms with Gasteiger partial charge in [-0.05, 0) is 49.1 Å². The third kappa shape index (κ3) is 2.55. The topological polar surface area (TPSA) is 30.0 Å². The van der Waals surface area contributed by atoms with Gasteiger partial charge in [0.25, 0.3) is 0 Å². The maximum absolute atomic E-state index is 14.0. The highest BCUT2D eigenvalue weighted by Gasteiger charge is 2.20. The molecule has 0 spiro atoms. The molecule has 0 N–H and O–H groups in total. The van der Waals surface area contributed by atoms with Gasteiger partial charge in [-0.2, -0.15) is 0 Å². The number of ketones is 1. The molecule has 0 radical (unpaired) electrons. The minimum absolute atomic E-state index is 0.124. The van der Waals surface area contributed by atoms with Gasteiger partial charge in [0.1, 0.15) is 11.5 Å². The number of rotatable bonds is 3. The molecule has 0 saturated carbocycles. The number of aryl methyl sites for hydroxylation is 3. The fourth-order valence-electron chi connectivity index (χ4n) is 2.25. The molecule has 0 aliphatic rings. The Hall–Kier alpha value is -2.03. The number of hydrogen-bond acceptors (Lipinski definition) is 2. The van der Waals surface area contributed by atoms with E-state index in [1.807, 2.05) is 26.0 Å². The van der Waals surface area contributed by atoms with Crippen LogP contribution in [0.15, 0.2) is 30.5 Å². The summed E-state index contributed by atoms with van der Waals surface area (Å²) in [6.07, 6.45) is 2.26. The summed E-state index contributed by atoms with van der Waals surface area (Å²) in [5.41, 5.74) is 2.76. The van der Waals surface area contributed by atoms with Crippen molar-refractivity contribution in [2.75, 3.05) is 0 Å². The molecule has 0 saturated heterocycles. The van der Waals surface area contributed by atoms with Crippen molar-refractivity contribution in [2.24, 2.45) is 0 Å². The number of pyridine rings is 1. The Morgan fingerprint density at radius 3 is 2.68 bits per heavy atom. The van der Waals surface area contributed by atoms with E-state index in [-0.39, 0.29) is 11.3 Å². The molecule has 19 heavy (non-hydrogen) atoms. The molecule has 2 aromatic rings. The standard InChI is InChI=1S/C16H16FNO/c1-4-12-6-5-7-18-15(12)16(19)14-11(3)8-10(2)9-13(14)17/h5-9H,4H2,1-3H3. The minimum Gasteiger partial charge on any atom is -0.287 e. The predicted octanol–water partition coefficient (Wildman–Crippen LogP) is 3.63. The van der Waals surface area contributed by atoms with Gasteiger partial charge in [-0.1, -0.05) is 19.1 Å². The van der Waals surface area contributed by atoms with Crippen LogP contribution in [0.4, 0.5) is 4.39 Å². The van der Waals surface area contributed by atoms with Crippen molar-refractivity contribution in [3.8, 4) is 0 Å². The number of carbonyl (C=O) groups excluding carboxylic acids is 1. The first-order chi connectivity index (χ1) is 9.04. The SMILES string of the molecule is CCc1cccnc1C(=O)c1c(C)cc(C)cc1F. The molecule has 1 heterocycles. The molecular weight excluding hydrogens is 241 g/mol. The highest BCUT2D eigenvalue weighted by molar-refractivity contribution is 6.09. The zero-order chi connectivity index (χ0) is 14.0. The van der Waals surface area contributed by atoms with Gasteiger partial charge in [-0.3, -0.25) is 9.78 Å². The molecular formula is C16H16FNO. The quantitative estimate of drug-likeness (QED) is 0.786. The first kappa shape index (κ1) is 13.4. The smallest absolute Gasteiger partial charge is 0.214 e. The number of halogens is 1. The molecule has 98 valence electrons. The van der Waals surface area contributed by atoms with Crippen molar-refractivity contribution < 1.29 is 9.18 Å². The molecule has 0 fully saturated rings. The molecule has 1 aromatic heterocycles. The lowest BCUT2D eigenvalue weighted by Crippen LogP contribution is -2.11. The second kappa shape index (κ2) is 5.31. The van der Waals surface area contributed by atoms with Gasteiger partial charge >= 0.3 is 0 Å². The number of nitrogens with zero attached hydrogens (tertiary/aromatic N) is 1. The van der Waals surface area contributed by atoms with Gasteiger partial charge in [0.05, 0.1) is 5.56 Å². The lowest BCUT2D eigenvalue weighted by atomic mass is 9.97. The minimum atomic E-state index is -0.477. The maximum atomic E-state index is 14.0. The monoisotopic (exact) mass is 257 g/mol. The molecule has 0 amide bonds. The van der Waals surface area contributed by atoms with Gasteiger partial charge in [0, 0.05) is 6.20 Å². The average molecular weight is 257 g/mol. The number of hydrogen-bond donors (Lipinski definition) is 0. The van der Waals surface area contributed by atoms with Gasteiger partial charge in [-0.15, -0.1) is 0 Å². The Morgan fingerprint density at radius 1 is 1.32 bits per heavy atom. The number of aromatic nitrogens is 1. The second-order valence-corrected chi connectivity index (χ2v) is 4.63. The van der Waals surface area contributed by atoms with Crippen LogP contribution in [0.1, 0.15) is 39.7 Å². The molecule has 2 nitrogen and oxygen atoms in total. The normalized spacial score (nSPS) is 10.5. The maximum Gasteiger partial charge on any atom is 0.214 e. The average Bonchev–Trinajstić information content (AvgIpc) is 2.37. The van der Waals surface area contributed by atoms with E-state index in [0.29, 0.717) is 17.7 Å². The highest BCUT2D eigenvalue weighted by atomic mass is 19.1. The van der Waals surface area contributed by atoms with E-state index in [2.05, 4.69) is 4.98 Å². The van der Waals surface area contributed by atoms with Crippen LogP contribution in [0.2, 0.25) is 0 Å². The predicted molar refractivity (Wildman–Crippen MR) is 72.9 cm³/mol. The molecule has 0 bridgehead atoms. The summed E-state index contributed by atoms with van der Waals surface area (Å²) in [6, 6.07) is 6.83. The summed E-state index contributed by atoms with van der Waals surface area (Å²) in [4.78, 5) is 16.6. The largest absolute Gasteiger partial charge is 0.287 e. The second-order valence-electron chi connectivity index (χ2n) is 4.63. The molecule has 0 atom stereocenters. The summed E-state index contributed by atoms with van der Waals surface area (Å²) in [5.74, 6) is -0.817. The Kier molecular flexibility index (Phi) is 3.74. The highest BCUT2D eigenvalue weighted by Crippen LogP contribution is 2.20. The van der Waals surface area contributed by atoms with Gasteiger partial charge in [-0.25, -0.2) is 4.39 Å². The van der Waals surface area contributed by atoms with Gasteiger partial charge < -0.3 is 0 Å². The zero-order valence-corrected chi connectivity index (χ0v) is 11.3. The molecule has 0 aliphatic heterocycles. The Labute approximate surface area is 112 Å². The van der Waals surface area contributed by atoms with Crippen LogP contribution in [-0.4, -0.2) is 10.8 Å². The summed E-state index contributed by atoms with van der Waals surface area (Å²) in [5, 5.41) is 0. The first-order valence-electron chi connectivity index (χ1n) is 6.30. The summed E-state index contributed by atoms with van der Waals surface area (Å²) in [7, 11) is 0. The Bertz CT molecular complexity index is 611. The first-order valence-corrected chi connectivity index (χ1v) is 6.30. The Morgan fingerprint density at radius 2 is 2.05 bits per heavy atom. The van der Waals surface area contributed by atoms with E-state index in [4.69, 9.17) is 0 Å². The van der Waals surface area contributed by atoms with E-state index in [1.54, 1.807) is 19.2 Å². The van der Waals surface area contributed by atoms with Crippen LogP contribution in [0.3, 0.4) is 0 Å². The zero-order valence-electron chi connectivity index (χ0n) is 11.3. The van der Waals surface area contributed by atoms with E-state index in [9.17, 15) is 9.18 Å². The number of carbonyl (C=O) groups is 1. The molecule has 2 rings (SSSR count). The van der Waals surface area contributed by atoms with Crippen molar-refractivity contribution >= 4 is 5.78 Å². The van der Waals surface area contributed by atoms with Crippen LogP contribution < -0.4 is 0 Å². The van der Waals surface area contributed by atoms with E-state index in [0.717, 1.165) is 11.1 Å². The summed E-state index contributed by atoms with van der Waals surface area (Å²) >= 11 is 0. The van der Waals surface area contributed by atoms with Crippen molar-refractivity contribution in [3.63, 3.8) is 0 Å². The Balaban J connectivity index is 2.57. The lowest BCUT2D eigenvalue weighted by molar-refractivity contribution is 0.102. The van der Waals surface area contributed by atoms with E-state index in [1.165, 1.54) is 6.07 Å². The fraction of sp³-hybridized carbons (Fsp3) is 0.250. The van der Waals surface area contributed by atoms with Crippen LogP contribution in [0.5, 0.6) is 0 Å². The lowest BCUT2D eigenvalue weighted by Gasteiger charge is -2.10. The third-order valence-corrected chi connectivity index (χ3v) is 3.15. The molecule has 3 heteroatoms. The van der Waals surface area contributed by atoms with Crippen molar-refractivity contribution in [3.05, 3.63) is 64.2 Å². The van der Waals surface area contributed by atoms with Crippen molar-refractivity contribution in [1.29, 1.82) is 0 Å². The van der Waals surface area contributed by atoms with Crippen LogP contribution in [-0.2, 0) is 6.42 Å². The van der Waals surface area contributed by atoms with E-state index < -0.39 is 5.82 Å². The van der Waals surface area contributed by atoms with Gasteiger partial charge in [0.15, 0.2) is 0 Å². The summed E-state index contributed by atoms with van der Waals surface area (Å²) in [6.45, 7) is 5.51. The fourth-order valence-corrected chi connectivity index (χ4v) is 2.25. The third-order valence-electron chi connectivity index (χ3n) is 3.15. The van der Waals surface area contributed by atoms with Crippen LogP contribution in [0, 0.1) is 19.7 Å². The number of benzene rings is 1. The summed E-state index contributed by atoms with van der Waals surface area (Å²) < 4.78 is 14.0. The molecule has 1 aromatic carbocycles. The molecule has 0 unspecified atom stereocenters.